The third kappa shape index (κ3) is 4.48. The Bertz CT molecular complexity index is 382. The Balaban J connectivity index is 1.85. The summed E-state index contributed by atoms with van der Waals surface area (Å²) in [5.74, 6) is 1.77. The van der Waals surface area contributed by atoms with Gasteiger partial charge in [-0.3, -0.25) is 4.98 Å². The molecule has 1 aliphatic rings. The standard InChI is InChI=1S/C17H28N2O/c1-4-11-18-14(3)17-10-9-16(12-19-17)20-15-7-5-13(2)6-8-15/h9-10,12-15,18H,4-8,11H2,1-3H3. The maximum atomic E-state index is 6.04. The summed E-state index contributed by atoms with van der Waals surface area (Å²) in [6.07, 6.45) is 8.33. The summed E-state index contributed by atoms with van der Waals surface area (Å²) in [4.78, 5) is 4.52. The Morgan fingerprint density at radius 3 is 2.65 bits per heavy atom. The summed E-state index contributed by atoms with van der Waals surface area (Å²) >= 11 is 0. The number of hydrogen-bond acceptors (Lipinski definition) is 3. The number of nitrogens with one attached hydrogen (secondary N) is 1. The fourth-order valence-corrected chi connectivity index (χ4v) is 2.72. The van der Waals surface area contributed by atoms with Crippen molar-refractivity contribution in [3.8, 4) is 5.75 Å². The van der Waals surface area contributed by atoms with Gasteiger partial charge in [-0.15, -0.1) is 0 Å². The Hall–Kier alpha value is -1.09. The Morgan fingerprint density at radius 2 is 2.05 bits per heavy atom. The van der Waals surface area contributed by atoms with Crippen molar-refractivity contribution in [2.75, 3.05) is 6.54 Å². The molecule has 1 fully saturated rings. The lowest BCUT2D eigenvalue weighted by molar-refractivity contribution is 0.135. The number of aromatic nitrogens is 1. The molecule has 2 rings (SSSR count). The highest BCUT2D eigenvalue weighted by Gasteiger charge is 2.19. The summed E-state index contributed by atoms with van der Waals surface area (Å²) < 4.78 is 6.04. The summed E-state index contributed by atoms with van der Waals surface area (Å²) in [5, 5.41) is 3.45. The molecule has 0 bridgehead atoms. The van der Waals surface area contributed by atoms with Gasteiger partial charge in [-0.25, -0.2) is 0 Å². The van der Waals surface area contributed by atoms with E-state index in [0.717, 1.165) is 30.3 Å². The predicted molar refractivity (Wildman–Crippen MR) is 83.0 cm³/mol. The van der Waals surface area contributed by atoms with Crippen molar-refractivity contribution in [2.45, 2.75) is 65.0 Å². The highest BCUT2D eigenvalue weighted by molar-refractivity contribution is 5.21. The van der Waals surface area contributed by atoms with Crippen LogP contribution >= 0.6 is 0 Å². The molecule has 3 nitrogen and oxygen atoms in total. The fraction of sp³-hybridized carbons (Fsp3) is 0.706. The van der Waals surface area contributed by atoms with Gasteiger partial charge in [0, 0.05) is 6.04 Å². The lowest BCUT2D eigenvalue weighted by Gasteiger charge is -2.26. The molecule has 112 valence electrons. The van der Waals surface area contributed by atoms with Gasteiger partial charge in [0.05, 0.1) is 18.0 Å². The monoisotopic (exact) mass is 276 g/mol. The fourth-order valence-electron chi connectivity index (χ4n) is 2.72. The molecular weight excluding hydrogens is 248 g/mol. The summed E-state index contributed by atoms with van der Waals surface area (Å²) in [5.41, 5.74) is 1.09. The molecule has 1 N–H and O–H groups in total. The molecule has 0 saturated heterocycles. The van der Waals surface area contributed by atoms with Crippen LogP contribution in [0.4, 0.5) is 0 Å². The van der Waals surface area contributed by atoms with Gasteiger partial charge < -0.3 is 10.1 Å². The number of pyridine rings is 1. The molecule has 0 amide bonds. The maximum absolute atomic E-state index is 6.04. The van der Waals surface area contributed by atoms with Crippen molar-refractivity contribution >= 4 is 0 Å². The first-order chi connectivity index (χ1) is 9.69. The van der Waals surface area contributed by atoms with Gasteiger partial charge in [0.1, 0.15) is 5.75 Å². The van der Waals surface area contributed by atoms with Crippen molar-refractivity contribution in [1.82, 2.24) is 10.3 Å². The first kappa shape index (κ1) is 15.3. The zero-order valence-corrected chi connectivity index (χ0v) is 13.1. The van der Waals surface area contributed by atoms with Crippen molar-refractivity contribution in [2.24, 2.45) is 5.92 Å². The van der Waals surface area contributed by atoms with Gasteiger partial charge in [0.2, 0.25) is 0 Å². The molecule has 0 aliphatic heterocycles. The van der Waals surface area contributed by atoms with Crippen LogP contribution in [0.3, 0.4) is 0 Å². The van der Waals surface area contributed by atoms with Gasteiger partial charge >= 0.3 is 0 Å². The Kier molecular flexibility index (Phi) is 5.84. The van der Waals surface area contributed by atoms with Crippen molar-refractivity contribution < 1.29 is 4.74 Å². The van der Waals surface area contributed by atoms with Crippen LogP contribution in [0.25, 0.3) is 0 Å². The first-order valence-corrected chi connectivity index (χ1v) is 8.05. The highest BCUT2D eigenvalue weighted by atomic mass is 16.5. The summed E-state index contributed by atoms with van der Waals surface area (Å²) in [7, 11) is 0. The minimum atomic E-state index is 0.305. The maximum Gasteiger partial charge on any atom is 0.138 e. The van der Waals surface area contributed by atoms with Gasteiger partial charge in [-0.1, -0.05) is 13.8 Å². The van der Waals surface area contributed by atoms with Crippen LogP contribution in [0.5, 0.6) is 5.75 Å². The largest absolute Gasteiger partial charge is 0.489 e. The molecule has 1 aromatic rings. The molecule has 0 spiro atoms. The van der Waals surface area contributed by atoms with E-state index in [0.29, 0.717) is 12.1 Å². The van der Waals surface area contributed by atoms with E-state index in [-0.39, 0.29) is 0 Å². The van der Waals surface area contributed by atoms with Crippen molar-refractivity contribution in [3.05, 3.63) is 24.0 Å². The van der Waals surface area contributed by atoms with E-state index >= 15 is 0 Å². The van der Waals surface area contributed by atoms with Gasteiger partial charge in [0.25, 0.3) is 0 Å². The third-order valence-electron chi connectivity index (χ3n) is 4.17. The molecule has 1 aliphatic carbocycles. The minimum Gasteiger partial charge on any atom is -0.489 e. The Morgan fingerprint density at radius 1 is 1.30 bits per heavy atom. The smallest absolute Gasteiger partial charge is 0.138 e. The lowest BCUT2D eigenvalue weighted by atomic mass is 9.89. The normalized spacial score (nSPS) is 24.4. The quantitative estimate of drug-likeness (QED) is 0.849. The minimum absolute atomic E-state index is 0.305. The number of hydrogen-bond donors (Lipinski definition) is 1. The Labute approximate surface area is 123 Å². The van der Waals surface area contributed by atoms with E-state index in [2.05, 4.69) is 43.2 Å². The van der Waals surface area contributed by atoms with Gasteiger partial charge in [0.15, 0.2) is 0 Å². The molecule has 0 aromatic carbocycles. The third-order valence-corrected chi connectivity index (χ3v) is 4.17. The van der Waals surface area contributed by atoms with E-state index in [9.17, 15) is 0 Å². The molecule has 1 unspecified atom stereocenters. The van der Waals surface area contributed by atoms with Crippen LogP contribution < -0.4 is 10.1 Å². The number of nitrogens with zero attached hydrogens (tertiary/aromatic N) is 1. The van der Waals surface area contributed by atoms with Crippen LogP contribution in [0.1, 0.15) is 64.6 Å². The van der Waals surface area contributed by atoms with Crippen LogP contribution in [-0.2, 0) is 0 Å². The van der Waals surface area contributed by atoms with Crippen LogP contribution in [0.2, 0.25) is 0 Å². The second-order valence-electron chi connectivity index (χ2n) is 6.09. The first-order valence-electron chi connectivity index (χ1n) is 8.05. The average molecular weight is 276 g/mol. The van der Waals surface area contributed by atoms with E-state index in [1.54, 1.807) is 0 Å². The molecule has 1 atom stereocenters. The molecule has 0 radical (unpaired) electrons. The van der Waals surface area contributed by atoms with Crippen LogP contribution in [0, 0.1) is 5.92 Å². The molecule has 1 aromatic heterocycles. The molecule has 1 heterocycles. The second kappa shape index (κ2) is 7.63. The van der Waals surface area contributed by atoms with Crippen LogP contribution in [0.15, 0.2) is 18.3 Å². The SMILES string of the molecule is CCCNC(C)c1ccc(OC2CCC(C)CC2)cn1. The average Bonchev–Trinajstić information content (AvgIpc) is 2.48. The highest BCUT2D eigenvalue weighted by Crippen LogP contribution is 2.27. The molecular formula is C17H28N2O. The number of rotatable bonds is 6. The van der Waals surface area contributed by atoms with Crippen molar-refractivity contribution in [3.63, 3.8) is 0 Å². The van der Waals surface area contributed by atoms with Gasteiger partial charge in [-0.2, -0.15) is 0 Å². The van der Waals surface area contributed by atoms with E-state index in [1.807, 2.05) is 6.20 Å². The second-order valence-corrected chi connectivity index (χ2v) is 6.09. The summed E-state index contributed by atoms with van der Waals surface area (Å²) in [6, 6.07) is 4.44. The molecule has 1 saturated carbocycles. The van der Waals surface area contributed by atoms with Crippen LogP contribution in [-0.4, -0.2) is 17.6 Å². The lowest BCUT2D eigenvalue weighted by Crippen LogP contribution is -2.23. The zero-order valence-electron chi connectivity index (χ0n) is 13.1. The number of ether oxygens (including phenoxy) is 1. The van der Waals surface area contributed by atoms with E-state index in [4.69, 9.17) is 4.74 Å². The summed E-state index contributed by atoms with van der Waals surface area (Å²) in [6.45, 7) is 7.69. The van der Waals surface area contributed by atoms with E-state index in [1.165, 1.54) is 25.7 Å². The zero-order chi connectivity index (χ0) is 14.4. The van der Waals surface area contributed by atoms with Crippen molar-refractivity contribution in [1.29, 1.82) is 0 Å². The van der Waals surface area contributed by atoms with Gasteiger partial charge in [-0.05, 0) is 63.6 Å². The molecule has 3 heteroatoms. The predicted octanol–water partition coefficient (Wildman–Crippen LogP) is 4.10. The van der Waals surface area contributed by atoms with E-state index < -0.39 is 0 Å². The topological polar surface area (TPSA) is 34.1 Å². The molecule has 20 heavy (non-hydrogen) atoms.